The van der Waals surface area contributed by atoms with Crippen molar-refractivity contribution in [2.45, 2.75) is 6.61 Å². The minimum Gasteiger partial charge on any atom is -0.486 e. The van der Waals surface area contributed by atoms with Crippen LogP contribution >= 0.6 is 46.4 Å². The number of nitrogens with zero attached hydrogens (tertiary/aromatic N) is 1. The van der Waals surface area contributed by atoms with E-state index in [1.165, 1.54) is 18.2 Å². The van der Waals surface area contributed by atoms with Crippen molar-refractivity contribution in [2.75, 3.05) is 13.7 Å². The molecule has 7 nitrogen and oxygen atoms in total. The fourth-order valence-electron chi connectivity index (χ4n) is 2.66. The first-order valence-corrected chi connectivity index (χ1v) is 10.2. The number of amides is 3. The van der Waals surface area contributed by atoms with Gasteiger partial charge in [-0.3, -0.25) is 9.59 Å². The molecule has 11 heteroatoms. The number of halogens is 4. The molecular formula is C20H14Cl4N2O5. The van der Waals surface area contributed by atoms with Crippen LogP contribution in [0, 0.1) is 0 Å². The van der Waals surface area contributed by atoms with E-state index in [-0.39, 0.29) is 28.1 Å². The van der Waals surface area contributed by atoms with Crippen LogP contribution in [-0.4, -0.2) is 36.5 Å². The monoisotopic (exact) mass is 502 g/mol. The largest absolute Gasteiger partial charge is 0.486 e. The van der Waals surface area contributed by atoms with Crippen molar-refractivity contribution in [3.05, 3.63) is 67.2 Å². The summed E-state index contributed by atoms with van der Waals surface area (Å²) in [5, 5.41) is 3.70. The lowest BCUT2D eigenvalue weighted by molar-refractivity contribution is -0.143. The number of rotatable bonds is 6. The van der Waals surface area contributed by atoms with E-state index in [2.05, 4.69) is 10.1 Å². The molecule has 1 fully saturated rings. The van der Waals surface area contributed by atoms with E-state index in [1.54, 1.807) is 18.2 Å². The van der Waals surface area contributed by atoms with Gasteiger partial charge in [0.25, 0.3) is 5.91 Å². The van der Waals surface area contributed by atoms with Crippen LogP contribution in [0.5, 0.6) is 5.75 Å². The van der Waals surface area contributed by atoms with Gasteiger partial charge in [0, 0.05) is 15.6 Å². The van der Waals surface area contributed by atoms with Gasteiger partial charge in [0.05, 0.1) is 17.2 Å². The summed E-state index contributed by atoms with van der Waals surface area (Å²) in [6, 6.07) is 7.29. The summed E-state index contributed by atoms with van der Waals surface area (Å²) >= 11 is 24.6. The van der Waals surface area contributed by atoms with E-state index in [4.69, 9.17) is 51.1 Å². The van der Waals surface area contributed by atoms with Crippen LogP contribution in [0.4, 0.5) is 4.79 Å². The van der Waals surface area contributed by atoms with Crippen LogP contribution in [0.2, 0.25) is 20.1 Å². The van der Waals surface area contributed by atoms with Gasteiger partial charge in [0.1, 0.15) is 18.8 Å². The van der Waals surface area contributed by atoms with Crippen molar-refractivity contribution < 1.29 is 23.9 Å². The Balaban J connectivity index is 1.78. The van der Waals surface area contributed by atoms with Gasteiger partial charge in [-0.1, -0.05) is 52.5 Å². The molecule has 2 aromatic carbocycles. The van der Waals surface area contributed by atoms with Gasteiger partial charge in [-0.05, 0) is 35.9 Å². The average Bonchev–Trinajstić information content (AvgIpc) is 2.96. The molecular weight excluding hydrogens is 490 g/mol. The molecule has 0 radical (unpaired) electrons. The number of benzene rings is 2. The van der Waals surface area contributed by atoms with Gasteiger partial charge in [0.2, 0.25) is 0 Å². The molecule has 1 aliphatic rings. The van der Waals surface area contributed by atoms with Crippen LogP contribution in [0.25, 0.3) is 6.08 Å². The smallest absolute Gasteiger partial charge is 0.329 e. The van der Waals surface area contributed by atoms with Gasteiger partial charge >= 0.3 is 12.0 Å². The third kappa shape index (κ3) is 5.43. The van der Waals surface area contributed by atoms with Crippen molar-refractivity contribution >= 4 is 70.4 Å². The standard InChI is InChI=1S/C20H14Cl4N2O5/c1-30-17(27)8-26-19(28)16(25-20(26)29)6-10-4-14(23)18(15(24)5-10)31-9-11-2-3-12(21)7-13(11)22/h2-7H,8-9H2,1H3,(H,25,29)/b16-6+. The molecule has 0 spiro atoms. The summed E-state index contributed by atoms with van der Waals surface area (Å²) < 4.78 is 10.2. The van der Waals surface area contributed by atoms with Gasteiger partial charge in [0.15, 0.2) is 5.75 Å². The summed E-state index contributed by atoms with van der Waals surface area (Å²) in [6.07, 6.45) is 1.38. The highest BCUT2D eigenvalue weighted by molar-refractivity contribution is 6.37. The molecule has 0 saturated carbocycles. The zero-order valence-corrected chi connectivity index (χ0v) is 18.9. The number of nitrogens with one attached hydrogen (secondary N) is 1. The lowest BCUT2D eigenvalue weighted by atomic mass is 10.1. The molecule has 1 N–H and O–H groups in total. The van der Waals surface area contributed by atoms with Crippen molar-refractivity contribution in [1.29, 1.82) is 0 Å². The molecule has 2 aromatic rings. The number of ether oxygens (including phenoxy) is 2. The lowest BCUT2D eigenvalue weighted by Crippen LogP contribution is -2.36. The lowest BCUT2D eigenvalue weighted by Gasteiger charge is -2.12. The molecule has 1 saturated heterocycles. The summed E-state index contributed by atoms with van der Waals surface area (Å²) in [5.41, 5.74) is 1.09. The zero-order valence-electron chi connectivity index (χ0n) is 15.9. The maximum atomic E-state index is 12.4. The Morgan fingerprint density at radius 1 is 1.06 bits per heavy atom. The SMILES string of the molecule is COC(=O)CN1C(=O)N/C(=C/c2cc(Cl)c(OCc3ccc(Cl)cc3Cl)c(Cl)c2)C1=O. The molecule has 0 bridgehead atoms. The Kier molecular flexibility index (Phi) is 7.33. The number of hydrogen-bond acceptors (Lipinski definition) is 5. The predicted molar refractivity (Wildman–Crippen MR) is 117 cm³/mol. The Hall–Kier alpha value is -2.45. The Morgan fingerprint density at radius 2 is 1.74 bits per heavy atom. The number of carbonyl (C=O) groups is 3. The Morgan fingerprint density at radius 3 is 2.35 bits per heavy atom. The Labute approximate surface area is 197 Å². The molecule has 0 unspecified atom stereocenters. The normalized spacial score (nSPS) is 14.7. The average molecular weight is 504 g/mol. The molecule has 162 valence electrons. The summed E-state index contributed by atoms with van der Waals surface area (Å²) in [5.74, 6) is -1.18. The van der Waals surface area contributed by atoms with Gasteiger partial charge < -0.3 is 14.8 Å². The maximum Gasteiger partial charge on any atom is 0.329 e. The van der Waals surface area contributed by atoms with E-state index in [0.717, 1.165) is 12.0 Å². The zero-order chi connectivity index (χ0) is 22.7. The third-order valence-corrected chi connectivity index (χ3v) is 5.34. The summed E-state index contributed by atoms with van der Waals surface area (Å²) in [4.78, 5) is 36.4. The summed E-state index contributed by atoms with van der Waals surface area (Å²) in [6.45, 7) is -0.396. The number of urea groups is 1. The molecule has 3 rings (SSSR count). The molecule has 1 heterocycles. The van der Waals surface area contributed by atoms with E-state index in [9.17, 15) is 14.4 Å². The minimum atomic E-state index is -0.737. The molecule has 3 amide bonds. The molecule has 1 aliphatic heterocycles. The van der Waals surface area contributed by atoms with Gasteiger partial charge in [-0.25, -0.2) is 9.69 Å². The van der Waals surface area contributed by atoms with E-state index in [1.807, 2.05) is 0 Å². The molecule has 0 atom stereocenters. The van der Waals surface area contributed by atoms with Crippen molar-refractivity contribution in [3.8, 4) is 5.75 Å². The minimum absolute atomic E-state index is 0.0392. The second kappa shape index (κ2) is 9.78. The predicted octanol–water partition coefficient (Wildman–Crippen LogP) is 4.94. The van der Waals surface area contributed by atoms with Gasteiger partial charge in [-0.2, -0.15) is 0 Å². The fraction of sp³-hybridized carbons (Fsp3) is 0.150. The van der Waals surface area contributed by atoms with Crippen LogP contribution in [0.3, 0.4) is 0 Å². The first-order chi connectivity index (χ1) is 14.7. The highest BCUT2D eigenvalue weighted by atomic mass is 35.5. The van der Waals surface area contributed by atoms with Crippen molar-refractivity contribution in [2.24, 2.45) is 0 Å². The van der Waals surface area contributed by atoms with Crippen LogP contribution in [0.15, 0.2) is 36.0 Å². The van der Waals surface area contributed by atoms with Gasteiger partial charge in [-0.15, -0.1) is 0 Å². The Bertz CT molecular complexity index is 1080. The molecule has 0 aliphatic carbocycles. The highest BCUT2D eigenvalue weighted by Gasteiger charge is 2.35. The van der Waals surface area contributed by atoms with Crippen LogP contribution in [-0.2, 0) is 20.9 Å². The fourth-order valence-corrected chi connectivity index (χ4v) is 3.74. The number of methoxy groups -OCH3 is 1. The third-order valence-electron chi connectivity index (χ3n) is 4.20. The maximum absolute atomic E-state index is 12.4. The van der Waals surface area contributed by atoms with E-state index >= 15 is 0 Å². The number of hydrogen-bond donors (Lipinski definition) is 1. The first kappa shape index (κ1) is 23.2. The molecule has 31 heavy (non-hydrogen) atoms. The quantitative estimate of drug-likeness (QED) is 0.342. The second-order valence-corrected chi connectivity index (χ2v) is 7.95. The molecule has 0 aromatic heterocycles. The van der Waals surface area contributed by atoms with Crippen molar-refractivity contribution in [3.63, 3.8) is 0 Å². The first-order valence-electron chi connectivity index (χ1n) is 8.66. The highest BCUT2D eigenvalue weighted by Crippen LogP contribution is 2.36. The number of carbonyl (C=O) groups excluding carboxylic acids is 3. The second-order valence-electron chi connectivity index (χ2n) is 6.29. The topological polar surface area (TPSA) is 84.9 Å². The number of esters is 1. The van der Waals surface area contributed by atoms with Crippen LogP contribution < -0.4 is 10.1 Å². The van der Waals surface area contributed by atoms with Crippen LogP contribution in [0.1, 0.15) is 11.1 Å². The summed E-state index contributed by atoms with van der Waals surface area (Å²) in [7, 11) is 1.16. The van der Waals surface area contributed by atoms with E-state index < -0.39 is 24.5 Å². The van der Waals surface area contributed by atoms with Crippen molar-refractivity contribution in [1.82, 2.24) is 10.2 Å². The van der Waals surface area contributed by atoms with E-state index in [0.29, 0.717) is 21.2 Å². The number of imide groups is 1.